The second-order valence-electron chi connectivity index (χ2n) is 8.70. The smallest absolute Gasteiger partial charge is 0.120 e. The van der Waals surface area contributed by atoms with Crippen LogP contribution in [0.3, 0.4) is 0 Å². The number of hydrogen-bond acceptors (Lipinski definition) is 9. The molecular formula is C30H46O9. The molecule has 2 aromatic rings. The van der Waals surface area contributed by atoms with Crippen LogP contribution in [-0.2, 0) is 33.2 Å². The summed E-state index contributed by atoms with van der Waals surface area (Å²) < 4.78 is 49.1. The van der Waals surface area contributed by atoms with E-state index in [9.17, 15) is 0 Å². The van der Waals surface area contributed by atoms with Crippen molar-refractivity contribution in [1.82, 2.24) is 0 Å². The first-order chi connectivity index (χ1) is 19.2. The molecule has 0 aliphatic heterocycles. The van der Waals surface area contributed by atoms with Crippen molar-refractivity contribution in [2.24, 2.45) is 0 Å². The van der Waals surface area contributed by atoms with Crippen LogP contribution in [0.25, 0.3) is 11.1 Å². The minimum absolute atomic E-state index is 0.461. The zero-order chi connectivity index (χ0) is 28.0. The lowest BCUT2D eigenvalue weighted by molar-refractivity contribution is 0.000165. The summed E-state index contributed by atoms with van der Waals surface area (Å²) in [4.78, 5) is 0. The summed E-state index contributed by atoms with van der Waals surface area (Å²) in [6.45, 7) is 11.6. The molecule has 0 atom stereocenters. The van der Waals surface area contributed by atoms with Crippen molar-refractivity contribution in [3.8, 4) is 22.6 Å². The first-order valence-corrected chi connectivity index (χ1v) is 13.5. The number of aryl methyl sites for hydroxylation is 2. The normalized spacial score (nSPS) is 11.2. The minimum atomic E-state index is 0.461. The van der Waals surface area contributed by atoms with Gasteiger partial charge in [0.05, 0.1) is 79.3 Å². The molecule has 0 fully saturated rings. The summed E-state index contributed by atoms with van der Waals surface area (Å²) in [5.74, 6) is 1.61. The van der Waals surface area contributed by atoms with Crippen molar-refractivity contribution in [1.29, 1.82) is 0 Å². The van der Waals surface area contributed by atoms with Gasteiger partial charge in [0.2, 0.25) is 0 Å². The first kappa shape index (κ1) is 33.0. The molecule has 9 nitrogen and oxygen atoms in total. The molecule has 0 aliphatic carbocycles. The molecule has 9 heteroatoms. The van der Waals surface area contributed by atoms with E-state index < -0.39 is 0 Å². The summed E-state index contributed by atoms with van der Waals surface area (Å²) in [6, 6.07) is 12.3. The molecule has 0 heterocycles. The van der Waals surface area contributed by atoms with Gasteiger partial charge in [0, 0.05) is 14.2 Å². The van der Waals surface area contributed by atoms with Gasteiger partial charge in [-0.25, -0.2) is 0 Å². The van der Waals surface area contributed by atoms with Gasteiger partial charge in [0.25, 0.3) is 0 Å². The second kappa shape index (κ2) is 21.6. The molecule has 2 rings (SSSR count). The van der Waals surface area contributed by atoms with Gasteiger partial charge >= 0.3 is 0 Å². The number of ether oxygens (including phenoxy) is 9. The number of hydrogen-bond donors (Lipinski definition) is 0. The van der Waals surface area contributed by atoms with Crippen LogP contribution < -0.4 is 9.47 Å². The number of methoxy groups -OCH3 is 2. The van der Waals surface area contributed by atoms with Gasteiger partial charge in [0.1, 0.15) is 24.7 Å². The zero-order valence-electron chi connectivity index (χ0n) is 24.0. The molecule has 0 N–H and O–H groups in total. The Morgan fingerprint density at radius 3 is 1.05 bits per heavy atom. The maximum Gasteiger partial charge on any atom is 0.120 e. The Morgan fingerprint density at radius 2 is 0.718 bits per heavy atom. The molecule has 0 amide bonds. The molecule has 0 radical (unpaired) electrons. The number of benzene rings is 2. The maximum absolute atomic E-state index is 5.95. The number of rotatable bonds is 24. The molecule has 0 bridgehead atoms. The Balaban J connectivity index is 1.71. The van der Waals surface area contributed by atoms with E-state index in [0.29, 0.717) is 92.5 Å². The molecule has 220 valence electrons. The minimum Gasteiger partial charge on any atom is -0.491 e. The molecule has 0 aliphatic rings. The van der Waals surface area contributed by atoms with Crippen molar-refractivity contribution < 1.29 is 42.6 Å². The molecule has 0 saturated heterocycles. The predicted molar refractivity (Wildman–Crippen MR) is 150 cm³/mol. The van der Waals surface area contributed by atoms with Gasteiger partial charge in [0.15, 0.2) is 0 Å². The van der Waals surface area contributed by atoms with Gasteiger partial charge in [-0.15, -0.1) is 0 Å². The molecule has 0 unspecified atom stereocenters. The highest BCUT2D eigenvalue weighted by molar-refractivity contribution is 5.73. The second-order valence-corrected chi connectivity index (χ2v) is 8.70. The van der Waals surface area contributed by atoms with Gasteiger partial charge in [-0.05, 0) is 60.4 Å². The topological polar surface area (TPSA) is 83.1 Å². The summed E-state index contributed by atoms with van der Waals surface area (Å²) in [6.07, 6.45) is 0. The van der Waals surface area contributed by atoms with Gasteiger partial charge in [-0.1, -0.05) is 12.1 Å². The highest BCUT2D eigenvalue weighted by Gasteiger charge is 2.09. The van der Waals surface area contributed by atoms with Crippen LogP contribution in [0.2, 0.25) is 0 Å². The highest BCUT2D eigenvalue weighted by atomic mass is 16.6. The fourth-order valence-electron chi connectivity index (χ4n) is 3.55. The van der Waals surface area contributed by atoms with Gasteiger partial charge in [-0.2, -0.15) is 0 Å². The predicted octanol–water partition coefficient (Wildman–Crippen LogP) is 4.10. The SMILES string of the molecule is COCCOCCOCCOCCOc1ccc(C)c(-c2cc(OCCOCCOCCOC)ccc2C)c1. The van der Waals surface area contributed by atoms with Gasteiger partial charge in [-0.3, -0.25) is 0 Å². The third kappa shape index (κ3) is 14.6. The highest BCUT2D eigenvalue weighted by Crippen LogP contribution is 2.32. The molecule has 0 saturated carbocycles. The van der Waals surface area contributed by atoms with E-state index in [0.717, 1.165) is 22.6 Å². The standard InChI is InChI=1S/C30H46O9/c1-25-5-7-27(38-21-19-36-17-14-34-12-10-32-4)23-29(25)30-24-28(8-6-26(30)2)39-22-20-37-18-16-35-15-13-33-11-9-31-3/h5-8,23-24H,9-22H2,1-4H3. The molecule has 0 spiro atoms. The van der Waals surface area contributed by atoms with Crippen molar-refractivity contribution >= 4 is 0 Å². The Bertz CT molecular complexity index is 891. The van der Waals surface area contributed by atoms with E-state index in [2.05, 4.69) is 38.1 Å². The Hall–Kier alpha value is -2.24. The molecule has 2 aromatic carbocycles. The van der Waals surface area contributed by atoms with Crippen molar-refractivity contribution in [3.63, 3.8) is 0 Å². The summed E-state index contributed by atoms with van der Waals surface area (Å²) in [5.41, 5.74) is 4.56. The summed E-state index contributed by atoms with van der Waals surface area (Å²) >= 11 is 0. The molecular weight excluding hydrogens is 504 g/mol. The van der Waals surface area contributed by atoms with E-state index in [4.69, 9.17) is 42.6 Å². The lowest BCUT2D eigenvalue weighted by Crippen LogP contribution is -2.13. The zero-order valence-corrected chi connectivity index (χ0v) is 24.0. The van der Waals surface area contributed by atoms with E-state index in [1.54, 1.807) is 14.2 Å². The first-order valence-electron chi connectivity index (χ1n) is 13.5. The van der Waals surface area contributed by atoms with Crippen LogP contribution in [0.5, 0.6) is 11.5 Å². The van der Waals surface area contributed by atoms with Crippen LogP contribution in [-0.4, -0.2) is 107 Å². The van der Waals surface area contributed by atoms with E-state index in [1.165, 1.54) is 11.1 Å². The Kier molecular flexibility index (Phi) is 18.2. The fourth-order valence-corrected chi connectivity index (χ4v) is 3.55. The van der Waals surface area contributed by atoms with Crippen LogP contribution in [0.4, 0.5) is 0 Å². The van der Waals surface area contributed by atoms with Crippen molar-refractivity contribution in [2.75, 3.05) is 107 Å². The largest absolute Gasteiger partial charge is 0.491 e. The third-order valence-electron chi connectivity index (χ3n) is 5.68. The van der Waals surface area contributed by atoms with Crippen molar-refractivity contribution in [2.45, 2.75) is 13.8 Å². The summed E-state index contributed by atoms with van der Waals surface area (Å²) in [7, 11) is 3.31. The lowest BCUT2D eigenvalue weighted by atomic mass is 9.96. The van der Waals surface area contributed by atoms with Crippen LogP contribution >= 0.6 is 0 Å². The Labute approximate surface area is 233 Å². The Morgan fingerprint density at radius 1 is 0.410 bits per heavy atom. The average molecular weight is 551 g/mol. The van der Waals surface area contributed by atoms with E-state index in [-0.39, 0.29) is 0 Å². The van der Waals surface area contributed by atoms with Crippen LogP contribution in [0.1, 0.15) is 11.1 Å². The average Bonchev–Trinajstić information content (AvgIpc) is 2.94. The van der Waals surface area contributed by atoms with Crippen LogP contribution in [0.15, 0.2) is 36.4 Å². The third-order valence-corrected chi connectivity index (χ3v) is 5.68. The van der Waals surface area contributed by atoms with Crippen molar-refractivity contribution in [3.05, 3.63) is 47.5 Å². The van der Waals surface area contributed by atoms with Crippen LogP contribution in [0, 0.1) is 13.8 Å². The lowest BCUT2D eigenvalue weighted by Gasteiger charge is -2.15. The van der Waals surface area contributed by atoms with E-state index in [1.807, 2.05) is 12.1 Å². The molecule has 39 heavy (non-hydrogen) atoms. The molecule has 0 aromatic heterocycles. The van der Waals surface area contributed by atoms with E-state index >= 15 is 0 Å². The summed E-state index contributed by atoms with van der Waals surface area (Å²) in [5, 5.41) is 0. The maximum atomic E-state index is 5.95. The van der Waals surface area contributed by atoms with Gasteiger partial charge < -0.3 is 42.6 Å². The fraction of sp³-hybridized carbons (Fsp3) is 0.600. The quantitative estimate of drug-likeness (QED) is 0.179. The monoisotopic (exact) mass is 550 g/mol.